The summed E-state index contributed by atoms with van der Waals surface area (Å²) in [5.41, 5.74) is 6.73. The molecule has 0 radical (unpaired) electrons. The average Bonchev–Trinajstić information content (AvgIpc) is 2.49. The molecule has 1 atom stereocenters. The van der Waals surface area contributed by atoms with Gasteiger partial charge < -0.3 is 10.6 Å². The smallest absolute Gasteiger partial charge is 0.241 e. The molecule has 1 saturated heterocycles. The molecule has 0 bridgehead atoms. The van der Waals surface area contributed by atoms with Crippen LogP contribution in [-0.2, 0) is 4.79 Å². The van der Waals surface area contributed by atoms with Crippen LogP contribution in [0, 0.1) is 5.92 Å². The van der Waals surface area contributed by atoms with Gasteiger partial charge in [0.25, 0.3) is 0 Å². The summed E-state index contributed by atoms with van der Waals surface area (Å²) in [5.74, 6) is 0.722. The van der Waals surface area contributed by atoms with Crippen LogP contribution in [0.1, 0.15) is 19.8 Å². The van der Waals surface area contributed by atoms with Crippen molar-refractivity contribution >= 4 is 11.6 Å². The third kappa shape index (κ3) is 3.81. The number of likely N-dealkylation sites (tertiary alicyclic amines) is 1. The van der Waals surface area contributed by atoms with Crippen LogP contribution in [0.4, 0.5) is 5.69 Å². The molecule has 1 aromatic carbocycles. The molecular formula is C16H25N3O. The highest BCUT2D eigenvalue weighted by Gasteiger charge is 2.23. The standard InChI is InChI=1S/C16H25N3O/c1-2-19(15-8-4-3-5-9-15)16(20)13-18-10-6-7-14(11-17)12-18/h3-5,8-9,14H,2,6-7,10-13,17H2,1H3. The van der Waals surface area contributed by atoms with Gasteiger partial charge in [-0.3, -0.25) is 9.69 Å². The van der Waals surface area contributed by atoms with Crippen LogP contribution in [0.2, 0.25) is 0 Å². The number of hydrogen-bond donors (Lipinski definition) is 1. The van der Waals surface area contributed by atoms with Crippen molar-refractivity contribution in [3.63, 3.8) is 0 Å². The van der Waals surface area contributed by atoms with E-state index in [1.165, 1.54) is 6.42 Å². The van der Waals surface area contributed by atoms with Gasteiger partial charge in [0.15, 0.2) is 0 Å². The predicted molar refractivity (Wildman–Crippen MR) is 82.7 cm³/mol. The van der Waals surface area contributed by atoms with Crippen LogP contribution < -0.4 is 10.6 Å². The van der Waals surface area contributed by atoms with E-state index in [1.807, 2.05) is 42.2 Å². The summed E-state index contributed by atoms with van der Waals surface area (Å²) in [6.45, 7) is 5.91. The van der Waals surface area contributed by atoms with Crippen molar-refractivity contribution in [2.45, 2.75) is 19.8 Å². The maximum Gasteiger partial charge on any atom is 0.241 e. The van der Waals surface area contributed by atoms with E-state index in [0.717, 1.165) is 31.7 Å². The van der Waals surface area contributed by atoms with Crippen molar-refractivity contribution in [3.05, 3.63) is 30.3 Å². The van der Waals surface area contributed by atoms with Crippen molar-refractivity contribution in [2.24, 2.45) is 11.7 Å². The Morgan fingerprint density at radius 2 is 2.15 bits per heavy atom. The van der Waals surface area contributed by atoms with E-state index in [4.69, 9.17) is 5.73 Å². The Labute approximate surface area is 121 Å². The molecule has 4 nitrogen and oxygen atoms in total. The van der Waals surface area contributed by atoms with E-state index in [9.17, 15) is 4.79 Å². The first-order valence-electron chi connectivity index (χ1n) is 7.52. The fraction of sp³-hybridized carbons (Fsp3) is 0.562. The average molecular weight is 275 g/mol. The summed E-state index contributed by atoms with van der Waals surface area (Å²) in [4.78, 5) is 16.6. The molecule has 1 amide bonds. The van der Waals surface area contributed by atoms with Gasteiger partial charge >= 0.3 is 0 Å². The quantitative estimate of drug-likeness (QED) is 0.890. The maximum atomic E-state index is 12.5. The normalized spacial score (nSPS) is 19.8. The van der Waals surface area contributed by atoms with Crippen molar-refractivity contribution in [2.75, 3.05) is 37.6 Å². The van der Waals surface area contributed by atoms with Gasteiger partial charge in [0.2, 0.25) is 5.91 Å². The van der Waals surface area contributed by atoms with Crippen LogP contribution in [0.3, 0.4) is 0 Å². The molecule has 1 aliphatic heterocycles. The number of hydrogen-bond acceptors (Lipinski definition) is 3. The van der Waals surface area contributed by atoms with Gasteiger partial charge in [-0.2, -0.15) is 0 Å². The highest BCUT2D eigenvalue weighted by atomic mass is 16.2. The number of nitrogens with two attached hydrogens (primary N) is 1. The molecule has 0 spiro atoms. The van der Waals surface area contributed by atoms with Gasteiger partial charge in [-0.25, -0.2) is 0 Å². The van der Waals surface area contributed by atoms with E-state index >= 15 is 0 Å². The number of para-hydroxylation sites is 1. The number of rotatable bonds is 5. The molecular weight excluding hydrogens is 250 g/mol. The third-order valence-corrected chi connectivity index (χ3v) is 3.98. The Kier molecular flexibility index (Phi) is 5.56. The molecule has 4 heteroatoms. The van der Waals surface area contributed by atoms with Crippen LogP contribution >= 0.6 is 0 Å². The van der Waals surface area contributed by atoms with Crippen LogP contribution in [0.5, 0.6) is 0 Å². The van der Waals surface area contributed by atoms with Gasteiger partial charge in [-0.05, 0) is 50.9 Å². The summed E-state index contributed by atoms with van der Waals surface area (Å²) in [7, 11) is 0. The predicted octanol–water partition coefficient (Wildman–Crippen LogP) is 1.71. The van der Waals surface area contributed by atoms with Crippen molar-refractivity contribution < 1.29 is 4.79 Å². The molecule has 1 unspecified atom stereocenters. The summed E-state index contributed by atoms with van der Waals surface area (Å²) in [5, 5.41) is 0. The van der Waals surface area contributed by atoms with Gasteiger partial charge in [-0.1, -0.05) is 18.2 Å². The van der Waals surface area contributed by atoms with Crippen LogP contribution in [0.15, 0.2) is 30.3 Å². The number of nitrogens with zero attached hydrogens (tertiary/aromatic N) is 2. The van der Waals surface area contributed by atoms with E-state index in [0.29, 0.717) is 19.0 Å². The maximum absolute atomic E-state index is 12.5. The molecule has 20 heavy (non-hydrogen) atoms. The first-order valence-corrected chi connectivity index (χ1v) is 7.52. The zero-order chi connectivity index (χ0) is 14.4. The molecule has 0 aromatic heterocycles. The summed E-state index contributed by atoms with van der Waals surface area (Å²) >= 11 is 0. The van der Waals surface area contributed by atoms with Crippen molar-refractivity contribution in [3.8, 4) is 0 Å². The van der Waals surface area contributed by atoms with E-state index in [-0.39, 0.29) is 5.91 Å². The Morgan fingerprint density at radius 1 is 1.40 bits per heavy atom. The molecule has 110 valence electrons. The molecule has 1 heterocycles. The van der Waals surface area contributed by atoms with E-state index < -0.39 is 0 Å². The number of carbonyl (C=O) groups is 1. The fourth-order valence-corrected chi connectivity index (χ4v) is 2.87. The SMILES string of the molecule is CCN(C(=O)CN1CCCC(CN)C1)c1ccccc1. The second kappa shape index (κ2) is 7.41. The minimum Gasteiger partial charge on any atom is -0.330 e. The molecule has 0 aliphatic carbocycles. The molecule has 1 aliphatic rings. The Bertz CT molecular complexity index is 421. The van der Waals surface area contributed by atoms with Crippen LogP contribution in [-0.4, -0.2) is 43.5 Å². The number of piperidine rings is 1. The van der Waals surface area contributed by atoms with Gasteiger partial charge in [0, 0.05) is 18.8 Å². The molecule has 2 rings (SSSR count). The zero-order valence-corrected chi connectivity index (χ0v) is 12.3. The second-order valence-electron chi connectivity index (χ2n) is 5.45. The van der Waals surface area contributed by atoms with E-state index in [2.05, 4.69) is 4.90 Å². The molecule has 2 N–H and O–H groups in total. The number of benzene rings is 1. The van der Waals surface area contributed by atoms with Gasteiger partial charge in [-0.15, -0.1) is 0 Å². The van der Waals surface area contributed by atoms with Gasteiger partial charge in [0.1, 0.15) is 0 Å². The lowest BCUT2D eigenvalue weighted by molar-refractivity contribution is -0.120. The number of amides is 1. The zero-order valence-electron chi connectivity index (χ0n) is 12.3. The Balaban J connectivity index is 1.96. The Hall–Kier alpha value is -1.39. The van der Waals surface area contributed by atoms with Crippen LogP contribution in [0.25, 0.3) is 0 Å². The number of anilines is 1. The third-order valence-electron chi connectivity index (χ3n) is 3.98. The summed E-state index contributed by atoms with van der Waals surface area (Å²) in [6, 6.07) is 9.88. The highest BCUT2D eigenvalue weighted by molar-refractivity contribution is 5.94. The lowest BCUT2D eigenvalue weighted by Crippen LogP contribution is -2.45. The number of carbonyl (C=O) groups excluding carboxylic acids is 1. The molecule has 1 fully saturated rings. The van der Waals surface area contributed by atoms with Gasteiger partial charge in [0.05, 0.1) is 6.54 Å². The minimum atomic E-state index is 0.177. The second-order valence-corrected chi connectivity index (χ2v) is 5.45. The van der Waals surface area contributed by atoms with E-state index in [1.54, 1.807) is 0 Å². The summed E-state index contributed by atoms with van der Waals surface area (Å²) in [6.07, 6.45) is 2.34. The first-order chi connectivity index (χ1) is 9.74. The monoisotopic (exact) mass is 275 g/mol. The van der Waals surface area contributed by atoms with Crippen molar-refractivity contribution in [1.82, 2.24) is 4.90 Å². The topological polar surface area (TPSA) is 49.6 Å². The first kappa shape index (κ1) is 15.0. The number of likely N-dealkylation sites (N-methyl/N-ethyl adjacent to an activating group) is 1. The molecule has 0 saturated carbocycles. The minimum absolute atomic E-state index is 0.177. The fourth-order valence-electron chi connectivity index (χ4n) is 2.87. The van der Waals surface area contributed by atoms with Crippen molar-refractivity contribution in [1.29, 1.82) is 0 Å². The molecule has 1 aromatic rings. The Morgan fingerprint density at radius 3 is 2.80 bits per heavy atom. The summed E-state index contributed by atoms with van der Waals surface area (Å²) < 4.78 is 0. The lowest BCUT2D eigenvalue weighted by atomic mass is 9.98. The largest absolute Gasteiger partial charge is 0.330 e. The highest BCUT2D eigenvalue weighted by Crippen LogP contribution is 2.17. The lowest BCUT2D eigenvalue weighted by Gasteiger charge is -2.33.